The topological polar surface area (TPSA) is 91.5 Å². The molecule has 0 fully saturated rings. The highest BCUT2D eigenvalue weighted by molar-refractivity contribution is 7.18. The van der Waals surface area contributed by atoms with Crippen LogP contribution in [0.2, 0.25) is 0 Å². The van der Waals surface area contributed by atoms with E-state index in [0.717, 1.165) is 6.54 Å². The van der Waals surface area contributed by atoms with E-state index in [9.17, 15) is 9.90 Å². The van der Waals surface area contributed by atoms with Crippen molar-refractivity contribution < 1.29 is 9.90 Å². The number of nitrogens with two attached hydrogens (primary N) is 1. The zero-order chi connectivity index (χ0) is 13.9. The van der Waals surface area contributed by atoms with E-state index in [-0.39, 0.29) is 18.3 Å². The summed E-state index contributed by atoms with van der Waals surface area (Å²) in [6.45, 7) is 6.20. The average molecular weight is 272 g/mol. The van der Waals surface area contributed by atoms with Gasteiger partial charge in [0.05, 0.1) is 5.60 Å². The van der Waals surface area contributed by atoms with Crippen LogP contribution in [0.5, 0.6) is 0 Å². The quantitative estimate of drug-likeness (QED) is 0.744. The van der Waals surface area contributed by atoms with Gasteiger partial charge in [-0.2, -0.15) is 0 Å². The Morgan fingerprint density at radius 3 is 2.72 bits per heavy atom. The van der Waals surface area contributed by atoms with E-state index in [0.29, 0.717) is 10.0 Å². The molecule has 0 atom stereocenters. The number of rotatable bonds is 5. The Morgan fingerprint density at radius 2 is 2.22 bits per heavy atom. The fraction of sp³-hybridized carbons (Fsp3) is 0.636. The monoisotopic (exact) mass is 272 g/mol. The lowest BCUT2D eigenvalue weighted by Crippen LogP contribution is -2.39. The SMILES string of the molecule is CCNc1nc(N)c(C(=O)N(C)CC(C)(C)O)s1. The summed E-state index contributed by atoms with van der Waals surface area (Å²) in [6.07, 6.45) is 0. The van der Waals surface area contributed by atoms with Gasteiger partial charge in [0.2, 0.25) is 0 Å². The Kier molecular flexibility index (Phi) is 4.53. The standard InChI is InChI=1S/C11H20N4O2S/c1-5-13-10-14-8(12)7(18-10)9(16)15(4)6-11(2,3)17/h17H,5-6,12H2,1-4H3,(H,13,14). The van der Waals surface area contributed by atoms with Gasteiger partial charge >= 0.3 is 0 Å². The minimum atomic E-state index is -0.936. The molecule has 0 unspecified atom stereocenters. The molecule has 1 amide bonds. The van der Waals surface area contributed by atoms with Gasteiger partial charge in [-0.3, -0.25) is 4.79 Å². The second kappa shape index (κ2) is 5.53. The molecule has 1 rings (SSSR count). The van der Waals surface area contributed by atoms with E-state index in [2.05, 4.69) is 10.3 Å². The normalized spacial score (nSPS) is 11.4. The van der Waals surface area contributed by atoms with Gasteiger partial charge in [0.15, 0.2) is 5.13 Å². The van der Waals surface area contributed by atoms with Gasteiger partial charge in [0.1, 0.15) is 10.7 Å². The lowest BCUT2D eigenvalue weighted by molar-refractivity contribution is 0.0371. The molecule has 0 saturated heterocycles. The van der Waals surface area contributed by atoms with Crippen molar-refractivity contribution >= 4 is 28.2 Å². The van der Waals surface area contributed by atoms with Crippen LogP contribution in [0.25, 0.3) is 0 Å². The Labute approximate surface area is 111 Å². The molecule has 1 aromatic heterocycles. The van der Waals surface area contributed by atoms with Crippen molar-refractivity contribution in [2.24, 2.45) is 0 Å². The third-order valence-electron chi connectivity index (χ3n) is 2.15. The molecule has 0 aromatic carbocycles. The Bertz CT molecular complexity index is 425. The van der Waals surface area contributed by atoms with Gasteiger partial charge < -0.3 is 21.1 Å². The third-order valence-corrected chi connectivity index (χ3v) is 3.16. The lowest BCUT2D eigenvalue weighted by Gasteiger charge is -2.25. The molecule has 0 radical (unpaired) electrons. The number of anilines is 2. The fourth-order valence-electron chi connectivity index (χ4n) is 1.54. The van der Waals surface area contributed by atoms with Crippen molar-refractivity contribution in [1.82, 2.24) is 9.88 Å². The summed E-state index contributed by atoms with van der Waals surface area (Å²) >= 11 is 1.23. The summed E-state index contributed by atoms with van der Waals surface area (Å²) in [5.74, 6) is -0.000163. The minimum Gasteiger partial charge on any atom is -0.389 e. The Morgan fingerprint density at radius 1 is 1.61 bits per heavy atom. The number of nitrogens with one attached hydrogen (secondary N) is 1. The van der Waals surface area contributed by atoms with Crippen LogP contribution in [-0.4, -0.2) is 46.6 Å². The number of aromatic nitrogens is 1. The van der Waals surface area contributed by atoms with Crippen LogP contribution in [-0.2, 0) is 0 Å². The minimum absolute atomic E-state index is 0.226. The molecule has 0 aliphatic heterocycles. The molecule has 18 heavy (non-hydrogen) atoms. The van der Waals surface area contributed by atoms with Crippen LogP contribution in [0, 0.1) is 0 Å². The number of carbonyl (C=O) groups is 1. The second-order valence-corrected chi connectivity index (χ2v) is 5.74. The summed E-state index contributed by atoms with van der Waals surface area (Å²) in [5.41, 5.74) is 4.79. The van der Waals surface area contributed by atoms with E-state index < -0.39 is 5.60 Å². The summed E-state index contributed by atoms with van der Waals surface area (Å²) in [6, 6.07) is 0. The number of likely N-dealkylation sites (N-methyl/N-ethyl adjacent to an activating group) is 1. The molecule has 0 bridgehead atoms. The molecule has 0 spiro atoms. The number of carbonyl (C=O) groups excluding carboxylic acids is 1. The van der Waals surface area contributed by atoms with E-state index >= 15 is 0 Å². The second-order valence-electron chi connectivity index (χ2n) is 4.74. The third kappa shape index (κ3) is 3.85. The number of aliphatic hydroxyl groups is 1. The van der Waals surface area contributed by atoms with E-state index in [1.807, 2.05) is 6.92 Å². The first-order valence-corrected chi connectivity index (χ1v) is 6.54. The number of thiazole rings is 1. The van der Waals surface area contributed by atoms with E-state index in [4.69, 9.17) is 5.73 Å². The highest BCUT2D eigenvalue weighted by atomic mass is 32.1. The van der Waals surface area contributed by atoms with Crippen LogP contribution in [0.15, 0.2) is 0 Å². The van der Waals surface area contributed by atoms with Crippen LogP contribution in [0.3, 0.4) is 0 Å². The predicted molar refractivity (Wildman–Crippen MR) is 73.9 cm³/mol. The lowest BCUT2D eigenvalue weighted by atomic mass is 10.1. The van der Waals surface area contributed by atoms with Crippen molar-refractivity contribution in [2.75, 3.05) is 31.2 Å². The number of nitrogen functional groups attached to an aromatic ring is 1. The summed E-state index contributed by atoms with van der Waals surface area (Å²) in [4.78, 5) is 18.1. The van der Waals surface area contributed by atoms with Crippen molar-refractivity contribution in [2.45, 2.75) is 26.4 Å². The van der Waals surface area contributed by atoms with Gasteiger partial charge in [0.25, 0.3) is 5.91 Å². The molecule has 0 aliphatic carbocycles. The molecule has 102 valence electrons. The number of amides is 1. The van der Waals surface area contributed by atoms with Crippen molar-refractivity contribution in [1.29, 1.82) is 0 Å². The maximum absolute atomic E-state index is 12.1. The molecular weight excluding hydrogens is 252 g/mol. The summed E-state index contributed by atoms with van der Waals surface area (Å²) < 4.78 is 0. The van der Waals surface area contributed by atoms with Crippen LogP contribution >= 0.6 is 11.3 Å². The van der Waals surface area contributed by atoms with Gasteiger partial charge in [-0.15, -0.1) is 0 Å². The molecule has 0 aliphatic rings. The van der Waals surface area contributed by atoms with Gasteiger partial charge in [-0.1, -0.05) is 11.3 Å². The molecule has 1 aromatic rings. The highest BCUT2D eigenvalue weighted by Crippen LogP contribution is 2.26. The van der Waals surface area contributed by atoms with Crippen LogP contribution < -0.4 is 11.1 Å². The number of nitrogens with zero attached hydrogens (tertiary/aromatic N) is 2. The Hall–Kier alpha value is -1.34. The van der Waals surface area contributed by atoms with E-state index in [1.54, 1.807) is 20.9 Å². The zero-order valence-corrected chi connectivity index (χ0v) is 12.0. The first kappa shape index (κ1) is 14.7. The van der Waals surface area contributed by atoms with Crippen molar-refractivity contribution in [3.8, 4) is 0 Å². The van der Waals surface area contributed by atoms with Gasteiger partial charge in [-0.25, -0.2) is 4.98 Å². The molecule has 4 N–H and O–H groups in total. The van der Waals surface area contributed by atoms with Crippen LogP contribution in [0.1, 0.15) is 30.4 Å². The van der Waals surface area contributed by atoms with E-state index in [1.165, 1.54) is 16.2 Å². The molecule has 6 nitrogen and oxygen atoms in total. The summed E-state index contributed by atoms with van der Waals surface area (Å²) in [7, 11) is 1.63. The molecule has 0 saturated carbocycles. The zero-order valence-electron chi connectivity index (χ0n) is 11.1. The molecule has 1 heterocycles. The average Bonchev–Trinajstić information content (AvgIpc) is 2.56. The molecule has 7 heteroatoms. The smallest absolute Gasteiger partial charge is 0.267 e. The highest BCUT2D eigenvalue weighted by Gasteiger charge is 2.24. The predicted octanol–water partition coefficient (Wildman–Crippen LogP) is 1.000. The maximum atomic E-state index is 12.1. The van der Waals surface area contributed by atoms with Gasteiger partial charge in [-0.05, 0) is 20.8 Å². The number of hydrogen-bond acceptors (Lipinski definition) is 6. The largest absolute Gasteiger partial charge is 0.389 e. The first-order chi connectivity index (χ1) is 8.24. The van der Waals surface area contributed by atoms with Crippen molar-refractivity contribution in [3.05, 3.63) is 4.88 Å². The maximum Gasteiger partial charge on any atom is 0.267 e. The van der Waals surface area contributed by atoms with Crippen molar-refractivity contribution in [3.63, 3.8) is 0 Å². The Balaban J connectivity index is 2.83. The number of hydrogen-bond donors (Lipinski definition) is 3. The molecular formula is C11H20N4O2S. The van der Waals surface area contributed by atoms with Crippen LogP contribution in [0.4, 0.5) is 10.9 Å². The fourth-order valence-corrected chi connectivity index (χ4v) is 2.48. The summed E-state index contributed by atoms with van der Waals surface area (Å²) in [5, 5.41) is 13.3. The first-order valence-electron chi connectivity index (χ1n) is 5.72. The van der Waals surface area contributed by atoms with Gasteiger partial charge in [0, 0.05) is 20.1 Å².